The van der Waals surface area contributed by atoms with Gasteiger partial charge in [-0.2, -0.15) is 5.10 Å². The average Bonchev–Trinajstić information content (AvgIpc) is 3.08. The third-order valence-electron chi connectivity index (χ3n) is 4.75. The molecule has 0 amide bonds. The molecule has 0 radical (unpaired) electrons. The maximum absolute atomic E-state index is 11.2. The molecule has 0 atom stereocenters. The normalized spacial score (nSPS) is 15.4. The number of benzene rings is 1. The number of nitrogens with zero attached hydrogens (tertiary/aromatic N) is 2. The summed E-state index contributed by atoms with van der Waals surface area (Å²) < 4.78 is 7.66. The van der Waals surface area contributed by atoms with Gasteiger partial charge in [-0.05, 0) is 49.6 Å². The summed E-state index contributed by atoms with van der Waals surface area (Å²) in [4.78, 5) is 11.2. The van der Waals surface area contributed by atoms with Crippen molar-refractivity contribution in [1.29, 1.82) is 0 Å². The molecule has 4 heteroatoms. The van der Waals surface area contributed by atoms with E-state index in [1.54, 1.807) is 0 Å². The predicted octanol–water partition coefficient (Wildman–Crippen LogP) is 4.91. The van der Waals surface area contributed by atoms with Crippen LogP contribution in [0.25, 0.3) is 5.69 Å². The van der Waals surface area contributed by atoms with Crippen molar-refractivity contribution in [1.82, 2.24) is 9.78 Å². The van der Waals surface area contributed by atoms with Crippen LogP contribution in [0.15, 0.2) is 30.3 Å². The number of carbonyl (C=O) groups is 1. The van der Waals surface area contributed by atoms with Gasteiger partial charge < -0.3 is 4.74 Å². The molecule has 0 bridgehead atoms. The molecule has 1 aliphatic carbocycles. The van der Waals surface area contributed by atoms with E-state index in [0.29, 0.717) is 11.6 Å². The Morgan fingerprint density at radius 2 is 1.96 bits per heavy atom. The van der Waals surface area contributed by atoms with Crippen LogP contribution >= 0.6 is 0 Å². The van der Waals surface area contributed by atoms with Gasteiger partial charge in [0.1, 0.15) is 11.4 Å². The molecule has 0 saturated heterocycles. The lowest BCUT2D eigenvalue weighted by Gasteiger charge is -2.22. The van der Waals surface area contributed by atoms with Crippen LogP contribution in [0.3, 0.4) is 0 Å². The third-order valence-corrected chi connectivity index (χ3v) is 4.75. The molecule has 128 valence electrons. The molecule has 4 nitrogen and oxygen atoms in total. The Kier molecular flexibility index (Phi) is 5.68. The Morgan fingerprint density at radius 1 is 1.21 bits per heavy atom. The summed E-state index contributed by atoms with van der Waals surface area (Å²) in [5, 5.41) is 4.49. The van der Waals surface area contributed by atoms with Gasteiger partial charge in [-0.15, -0.1) is 0 Å². The Labute approximate surface area is 143 Å². The molecule has 0 spiro atoms. The molecule has 24 heavy (non-hydrogen) atoms. The number of aldehydes is 1. The highest BCUT2D eigenvalue weighted by Crippen LogP contribution is 2.34. The fourth-order valence-corrected chi connectivity index (χ4v) is 3.39. The standard InChI is InChI=1S/C20H26N2O2/c1-2-3-13-24-19-11-9-18(10-12-19)22-20(14-17(15-23)21-22)16-7-5-4-6-8-16/h9-12,14-16H,2-8,13H2,1H3. The van der Waals surface area contributed by atoms with E-state index < -0.39 is 0 Å². The van der Waals surface area contributed by atoms with Gasteiger partial charge in [-0.25, -0.2) is 4.68 Å². The van der Waals surface area contributed by atoms with E-state index >= 15 is 0 Å². The molecule has 0 aliphatic heterocycles. The third kappa shape index (κ3) is 3.86. The Bertz CT molecular complexity index is 655. The summed E-state index contributed by atoms with van der Waals surface area (Å²) in [6.07, 6.45) is 9.23. The molecular weight excluding hydrogens is 300 g/mol. The Morgan fingerprint density at radius 3 is 2.62 bits per heavy atom. The van der Waals surface area contributed by atoms with E-state index in [1.165, 1.54) is 32.1 Å². The number of hydrogen-bond acceptors (Lipinski definition) is 3. The van der Waals surface area contributed by atoms with Crippen LogP contribution in [0.5, 0.6) is 5.75 Å². The van der Waals surface area contributed by atoms with Crippen molar-refractivity contribution in [3.8, 4) is 11.4 Å². The van der Waals surface area contributed by atoms with Crippen molar-refractivity contribution in [3.05, 3.63) is 41.7 Å². The highest BCUT2D eigenvalue weighted by atomic mass is 16.5. The van der Waals surface area contributed by atoms with E-state index in [1.807, 2.05) is 35.0 Å². The molecule has 1 fully saturated rings. The highest BCUT2D eigenvalue weighted by Gasteiger charge is 2.21. The minimum Gasteiger partial charge on any atom is -0.494 e. The fraction of sp³-hybridized carbons (Fsp3) is 0.500. The first kappa shape index (κ1) is 16.7. The van der Waals surface area contributed by atoms with Gasteiger partial charge in [0.05, 0.1) is 12.3 Å². The zero-order valence-electron chi connectivity index (χ0n) is 14.4. The molecule has 1 heterocycles. The van der Waals surface area contributed by atoms with E-state index in [0.717, 1.165) is 42.9 Å². The summed E-state index contributed by atoms with van der Waals surface area (Å²) >= 11 is 0. The monoisotopic (exact) mass is 326 g/mol. The van der Waals surface area contributed by atoms with Crippen molar-refractivity contribution in [2.75, 3.05) is 6.61 Å². The van der Waals surface area contributed by atoms with Crippen LogP contribution in [-0.4, -0.2) is 22.7 Å². The zero-order chi connectivity index (χ0) is 16.8. The molecule has 0 unspecified atom stereocenters. The van der Waals surface area contributed by atoms with Gasteiger partial charge in [0.25, 0.3) is 0 Å². The zero-order valence-corrected chi connectivity index (χ0v) is 14.4. The number of ether oxygens (including phenoxy) is 1. The van der Waals surface area contributed by atoms with Gasteiger partial charge in [0.2, 0.25) is 0 Å². The van der Waals surface area contributed by atoms with Crippen LogP contribution in [0, 0.1) is 0 Å². The summed E-state index contributed by atoms with van der Waals surface area (Å²) in [6.45, 7) is 2.90. The van der Waals surface area contributed by atoms with Crippen LogP contribution in [0.1, 0.15) is 74.0 Å². The van der Waals surface area contributed by atoms with Gasteiger partial charge in [-0.1, -0.05) is 32.6 Å². The fourth-order valence-electron chi connectivity index (χ4n) is 3.39. The van der Waals surface area contributed by atoms with Crippen LogP contribution in [0.2, 0.25) is 0 Å². The second kappa shape index (κ2) is 8.13. The topological polar surface area (TPSA) is 44.1 Å². The number of carbonyl (C=O) groups excluding carboxylic acids is 1. The Balaban J connectivity index is 1.82. The summed E-state index contributed by atoms with van der Waals surface area (Å²) in [5.41, 5.74) is 2.67. The largest absolute Gasteiger partial charge is 0.494 e. The molecule has 3 rings (SSSR count). The van der Waals surface area contributed by atoms with Gasteiger partial charge in [0.15, 0.2) is 6.29 Å². The first-order valence-corrected chi connectivity index (χ1v) is 9.10. The van der Waals surface area contributed by atoms with Crippen LogP contribution in [-0.2, 0) is 0 Å². The maximum Gasteiger partial charge on any atom is 0.170 e. The minimum absolute atomic E-state index is 0.500. The molecule has 1 saturated carbocycles. The summed E-state index contributed by atoms with van der Waals surface area (Å²) in [6, 6.07) is 9.97. The number of aromatic nitrogens is 2. The summed E-state index contributed by atoms with van der Waals surface area (Å²) in [5.74, 6) is 1.38. The van der Waals surface area contributed by atoms with Gasteiger partial charge >= 0.3 is 0 Å². The van der Waals surface area contributed by atoms with E-state index in [-0.39, 0.29) is 0 Å². The predicted molar refractivity (Wildman–Crippen MR) is 95.2 cm³/mol. The van der Waals surface area contributed by atoms with Crippen LogP contribution < -0.4 is 4.74 Å². The first-order chi connectivity index (χ1) is 11.8. The van der Waals surface area contributed by atoms with E-state index in [2.05, 4.69) is 12.0 Å². The SMILES string of the molecule is CCCCOc1ccc(-n2nc(C=O)cc2C2CCCCC2)cc1. The summed E-state index contributed by atoms with van der Waals surface area (Å²) in [7, 11) is 0. The van der Waals surface area contributed by atoms with Gasteiger partial charge in [-0.3, -0.25) is 4.79 Å². The van der Waals surface area contributed by atoms with Crippen molar-refractivity contribution < 1.29 is 9.53 Å². The molecule has 0 N–H and O–H groups in total. The lowest BCUT2D eigenvalue weighted by Crippen LogP contribution is -2.11. The molecular formula is C20H26N2O2. The number of rotatable bonds is 7. The van der Waals surface area contributed by atoms with Crippen molar-refractivity contribution in [3.63, 3.8) is 0 Å². The van der Waals surface area contributed by atoms with E-state index in [4.69, 9.17) is 4.74 Å². The first-order valence-electron chi connectivity index (χ1n) is 9.10. The van der Waals surface area contributed by atoms with E-state index in [9.17, 15) is 4.79 Å². The maximum atomic E-state index is 11.2. The molecule has 1 aliphatic rings. The highest BCUT2D eigenvalue weighted by molar-refractivity contribution is 5.72. The quantitative estimate of drug-likeness (QED) is 0.536. The second-order valence-corrected chi connectivity index (χ2v) is 6.55. The second-order valence-electron chi connectivity index (χ2n) is 6.55. The van der Waals surface area contributed by atoms with Crippen molar-refractivity contribution in [2.24, 2.45) is 0 Å². The smallest absolute Gasteiger partial charge is 0.170 e. The molecule has 1 aromatic carbocycles. The lowest BCUT2D eigenvalue weighted by molar-refractivity contribution is 0.111. The Hall–Kier alpha value is -2.10. The molecule has 2 aromatic rings. The average molecular weight is 326 g/mol. The lowest BCUT2D eigenvalue weighted by atomic mass is 9.87. The van der Waals surface area contributed by atoms with Gasteiger partial charge in [0, 0.05) is 11.6 Å². The molecule has 1 aromatic heterocycles. The van der Waals surface area contributed by atoms with Crippen LogP contribution in [0.4, 0.5) is 0 Å². The van der Waals surface area contributed by atoms with Crippen molar-refractivity contribution in [2.45, 2.75) is 57.8 Å². The number of unbranched alkanes of at least 4 members (excludes halogenated alkanes) is 1. The minimum atomic E-state index is 0.500. The van der Waals surface area contributed by atoms with Crippen molar-refractivity contribution >= 4 is 6.29 Å². The number of hydrogen-bond donors (Lipinski definition) is 0.